The van der Waals surface area contributed by atoms with Gasteiger partial charge in [0.25, 0.3) is 0 Å². The summed E-state index contributed by atoms with van der Waals surface area (Å²) in [5.41, 5.74) is 4.54. The molecule has 1 heterocycles. The zero-order valence-corrected chi connectivity index (χ0v) is 11.7. The molecule has 0 aromatic carbocycles. The normalized spacial score (nSPS) is 28.6. The molecule has 2 amide bonds. The minimum Gasteiger partial charge on any atom is -0.369 e. The number of nitrogens with zero attached hydrogens (tertiary/aromatic N) is 1. The van der Waals surface area contributed by atoms with Gasteiger partial charge in [0.05, 0.1) is 6.07 Å². The molecule has 2 unspecified atom stereocenters. The second kappa shape index (κ2) is 6.23. The summed E-state index contributed by atoms with van der Waals surface area (Å²) in [6.45, 7) is 1.11. The van der Waals surface area contributed by atoms with Crippen molar-refractivity contribution < 1.29 is 9.59 Å². The van der Waals surface area contributed by atoms with Crippen molar-refractivity contribution in [2.45, 2.75) is 44.1 Å². The monoisotopic (exact) mass is 278 g/mol. The number of carbonyl (C=O) groups is 2. The SMILES string of the molecule is N#CC1(NC(=O)C(C(N)=O)C2CCCCC2)CCNC1. The molecule has 2 fully saturated rings. The van der Waals surface area contributed by atoms with Crippen molar-refractivity contribution in [1.29, 1.82) is 5.26 Å². The van der Waals surface area contributed by atoms with E-state index in [2.05, 4.69) is 16.7 Å². The molecule has 110 valence electrons. The largest absolute Gasteiger partial charge is 0.369 e. The van der Waals surface area contributed by atoms with Gasteiger partial charge in [-0.2, -0.15) is 5.26 Å². The number of hydrogen-bond donors (Lipinski definition) is 3. The summed E-state index contributed by atoms with van der Waals surface area (Å²) in [5.74, 6) is -1.74. The molecular formula is C14H22N4O2. The van der Waals surface area contributed by atoms with E-state index in [9.17, 15) is 14.9 Å². The average molecular weight is 278 g/mol. The van der Waals surface area contributed by atoms with E-state index >= 15 is 0 Å². The van der Waals surface area contributed by atoms with Crippen LogP contribution in [0.2, 0.25) is 0 Å². The quantitative estimate of drug-likeness (QED) is 0.631. The Morgan fingerprint density at radius 2 is 2.05 bits per heavy atom. The van der Waals surface area contributed by atoms with Gasteiger partial charge in [-0.1, -0.05) is 19.3 Å². The van der Waals surface area contributed by atoms with Gasteiger partial charge in [0.15, 0.2) is 0 Å². The molecular weight excluding hydrogens is 256 g/mol. The van der Waals surface area contributed by atoms with Crippen molar-refractivity contribution in [2.24, 2.45) is 17.6 Å². The minimum absolute atomic E-state index is 0.0198. The zero-order valence-electron chi connectivity index (χ0n) is 11.7. The molecule has 1 saturated carbocycles. The van der Waals surface area contributed by atoms with Crippen LogP contribution in [0.1, 0.15) is 38.5 Å². The number of carbonyl (C=O) groups excluding carboxylic acids is 2. The van der Waals surface area contributed by atoms with Crippen molar-refractivity contribution in [3.8, 4) is 6.07 Å². The van der Waals surface area contributed by atoms with Gasteiger partial charge in [-0.25, -0.2) is 0 Å². The third-order valence-electron chi connectivity index (χ3n) is 4.44. The highest BCUT2D eigenvalue weighted by atomic mass is 16.2. The fraction of sp³-hybridized carbons (Fsp3) is 0.786. The highest BCUT2D eigenvalue weighted by Gasteiger charge is 2.41. The summed E-state index contributed by atoms with van der Waals surface area (Å²) in [7, 11) is 0. The molecule has 1 saturated heterocycles. The smallest absolute Gasteiger partial charge is 0.234 e. The number of nitriles is 1. The lowest BCUT2D eigenvalue weighted by molar-refractivity contribution is -0.137. The number of nitrogens with two attached hydrogens (primary N) is 1. The van der Waals surface area contributed by atoms with Crippen molar-refractivity contribution >= 4 is 11.8 Å². The van der Waals surface area contributed by atoms with E-state index in [1.165, 1.54) is 0 Å². The van der Waals surface area contributed by atoms with E-state index in [4.69, 9.17) is 5.73 Å². The third kappa shape index (κ3) is 3.10. The van der Waals surface area contributed by atoms with Crippen molar-refractivity contribution in [3.05, 3.63) is 0 Å². The summed E-state index contributed by atoms with van der Waals surface area (Å²) in [6.07, 6.45) is 5.50. The van der Waals surface area contributed by atoms with Crippen LogP contribution < -0.4 is 16.4 Å². The zero-order chi connectivity index (χ0) is 14.6. The Bertz CT molecular complexity index is 417. The lowest BCUT2D eigenvalue weighted by Gasteiger charge is -2.30. The van der Waals surface area contributed by atoms with E-state index < -0.39 is 17.4 Å². The Labute approximate surface area is 119 Å². The van der Waals surface area contributed by atoms with Gasteiger partial charge < -0.3 is 16.4 Å². The standard InChI is InChI=1S/C14H22N4O2/c15-8-14(6-7-17-9-14)18-13(20)11(12(16)19)10-4-2-1-3-5-10/h10-11,17H,1-7,9H2,(H2,16,19)(H,18,20). The van der Waals surface area contributed by atoms with Gasteiger partial charge in [0.1, 0.15) is 11.5 Å². The molecule has 0 radical (unpaired) electrons. The van der Waals surface area contributed by atoms with E-state index in [0.29, 0.717) is 19.5 Å². The number of hydrogen-bond acceptors (Lipinski definition) is 4. The highest BCUT2D eigenvalue weighted by Crippen LogP contribution is 2.30. The maximum atomic E-state index is 12.4. The first kappa shape index (κ1) is 14.8. The van der Waals surface area contributed by atoms with Crippen molar-refractivity contribution in [3.63, 3.8) is 0 Å². The number of nitrogens with one attached hydrogen (secondary N) is 2. The Hall–Kier alpha value is -1.61. The van der Waals surface area contributed by atoms with Crippen LogP contribution in [0, 0.1) is 23.2 Å². The first-order valence-corrected chi connectivity index (χ1v) is 7.31. The second-order valence-electron chi connectivity index (χ2n) is 5.89. The third-order valence-corrected chi connectivity index (χ3v) is 4.44. The van der Waals surface area contributed by atoms with Crippen LogP contribution in [0.3, 0.4) is 0 Å². The van der Waals surface area contributed by atoms with Gasteiger partial charge in [-0.3, -0.25) is 9.59 Å². The number of rotatable bonds is 4. The minimum atomic E-state index is -0.889. The molecule has 0 bridgehead atoms. The topological polar surface area (TPSA) is 108 Å². The average Bonchev–Trinajstić information content (AvgIpc) is 2.89. The summed E-state index contributed by atoms with van der Waals surface area (Å²) >= 11 is 0. The summed E-state index contributed by atoms with van der Waals surface area (Å²) < 4.78 is 0. The van der Waals surface area contributed by atoms with E-state index in [1.807, 2.05) is 0 Å². The molecule has 0 aromatic heterocycles. The van der Waals surface area contributed by atoms with Crippen molar-refractivity contribution in [2.75, 3.05) is 13.1 Å². The Kier molecular flexibility index (Phi) is 4.61. The van der Waals surface area contributed by atoms with Crippen LogP contribution >= 0.6 is 0 Å². The maximum Gasteiger partial charge on any atom is 0.234 e. The predicted octanol–water partition coefficient (Wildman–Crippen LogP) is 0.0401. The molecule has 2 rings (SSSR count). The van der Waals surface area contributed by atoms with Crippen LogP contribution in [0.4, 0.5) is 0 Å². The lowest BCUT2D eigenvalue weighted by atomic mass is 9.78. The van der Waals surface area contributed by atoms with Gasteiger partial charge in [-0.15, -0.1) is 0 Å². The van der Waals surface area contributed by atoms with Gasteiger partial charge in [-0.05, 0) is 31.7 Å². The predicted molar refractivity (Wildman–Crippen MR) is 73.2 cm³/mol. The van der Waals surface area contributed by atoms with E-state index in [-0.39, 0.29) is 11.8 Å². The molecule has 1 aliphatic carbocycles. The molecule has 2 aliphatic rings. The van der Waals surface area contributed by atoms with Crippen LogP contribution in [-0.2, 0) is 9.59 Å². The fourth-order valence-electron chi connectivity index (χ4n) is 3.28. The lowest BCUT2D eigenvalue weighted by Crippen LogP contribution is -2.54. The molecule has 0 spiro atoms. The van der Waals surface area contributed by atoms with Crippen LogP contribution in [0.25, 0.3) is 0 Å². The Morgan fingerprint density at radius 1 is 1.35 bits per heavy atom. The first-order valence-electron chi connectivity index (χ1n) is 7.31. The van der Waals surface area contributed by atoms with E-state index in [1.54, 1.807) is 0 Å². The summed E-state index contributed by atoms with van der Waals surface area (Å²) in [6, 6.07) is 2.16. The first-order chi connectivity index (χ1) is 9.58. The molecule has 6 nitrogen and oxygen atoms in total. The van der Waals surface area contributed by atoms with Gasteiger partial charge in [0, 0.05) is 6.54 Å². The molecule has 4 N–H and O–H groups in total. The maximum absolute atomic E-state index is 12.4. The molecule has 6 heteroatoms. The van der Waals surface area contributed by atoms with Crippen LogP contribution in [-0.4, -0.2) is 30.4 Å². The molecule has 0 aromatic rings. The second-order valence-corrected chi connectivity index (χ2v) is 5.89. The summed E-state index contributed by atoms with van der Waals surface area (Å²) in [5, 5.41) is 15.1. The van der Waals surface area contributed by atoms with Crippen LogP contribution in [0.5, 0.6) is 0 Å². The van der Waals surface area contributed by atoms with Gasteiger partial charge in [0.2, 0.25) is 11.8 Å². The number of amides is 2. The van der Waals surface area contributed by atoms with Crippen molar-refractivity contribution in [1.82, 2.24) is 10.6 Å². The summed E-state index contributed by atoms with van der Waals surface area (Å²) in [4.78, 5) is 24.1. The Morgan fingerprint density at radius 3 is 2.55 bits per heavy atom. The fourth-order valence-corrected chi connectivity index (χ4v) is 3.28. The van der Waals surface area contributed by atoms with E-state index in [0.717, 1.165) is 32.1 Å². The van der Waals surface area contributed by atoms with Gasteiger partial charge >= 0.3 is 0 Å². The number of primary amides is 1. The molecule has 20 heavy (non-hydrogen) atoms. The highest BCUT2D eigenvalue weighted by molar-refractivity contribution is 6.00. The molecule has 2 atom stereocenters. The molecule has 1 aliphatic heterocycles. The Balaban J connectivity index is 2.07. The van der Waals surface area contributed by atoms with Crippen LogP contribution in [0.15, 0.2) is 0 Å².